The number of aryl methyl sites for hydroxylation is 1. The summed E-state index contributed by atoms with van der Waals surface area (Å²) in [6, 6.07) is 5.88. The molecule has 0 spiro atoms. The van der Waals surface area contributed by atoms with Crippen LogP contribution in [0.3, 0.4) is 0 Å². The molecular weight excluding hydrogens is 256 g/mol. The molecule has 0 saturated heterocycles. The molecule has 0 heterocycles. The SMILES string of the molecule is COc1cc(CCCC(=O)O)ccc1OC1CCCC1. The zero-order valence-electron chi connectivity index (χ0n) is 11.9. The second kappa shape index (κ2) is 7.17. The molecule has 0 atom stereocenters. The minimum absolute atomic E-state index is 0.197. The quantitative estimate of drug-likeness (QED) is 0.830. The van der Waals surface area contributed by atoms with Crippen LogP contribution in [0.2, 0.25) is 0 Å². The van der Waals surface area contributed by atoms with Crippen molar-refractivity contribution in [1.29, 1.82) is 0 Å². The van der Waals surface area contributed by atoms with Gasteiger partial charge in [-0.2, -0.15) is 0 Å². The Morgan fingerprint density at radius 3 is 2.70 bits per heavy atom. The summed E-state index contributed by atoms with van der Waals surface area (Å²) in [5.41, 5.74) is 1.09. The van der Waals surface area contributed by atoms with E-state index in [0.717, 1.165) is 36.3 Å². The van der Waals surface area contributed by atoms with Crippen LogP contribution in [0.1, 0.15) is 44.1 Å². The summed E-state index contributed by atoms with van der Waals surface area (Å²) in [6.45, 7) is 0. The largest absolute Gasteiger partial charge is 0.493 e. The molecule has 0 radical (unpaired) electrons. The van der Waals surface area contributed by atoms with E-state index in [1.54, 1.807) is 7.11 Å². The van der Waals surface area contributed by atoms with Crippen LogP contribution in [-0.2, 0) is 11.2 Å². The fourth-order valence-corrected chi connectivity index (χ4v) is 2.59. The molecule has 0 unspecified atom stereocenters. The summed E-state index contributed by atoms with van der Waals surface area (Å²) >= 11 is 0. The molecule has 1 saturated carbocycles. The summed E-state index contributed by atoms with van der Waals surface area (Å²) in [5, 5.41) is 8.65. The van der Waals surface area contributed by atoms with Crippen LogP contribution in [0.15, 0.2) is 18.2 Å². The lowest BCUT2D eigenvalue weighted by molar-refractivity contribution is -0.137. The zero-order valence-corrected chi connectivity index (χ0v) is 11.9. The van der Waals surface area contributed by atoms with Crippen molar-refractivity contribution in [3.63, 3.8) is 0 Å². The first-order valence-electron chi connectivity index (χ1n) is 7.24. The number of carboxylic acid groups (broad SMARTS) is 1. The van der Waals surface area contributed by atoms with Gasteiger partial charge in [-0.15, -0.1) is 0 Å². The van der Waals surface area contributed by atoms with Crippen molar-refractivity contribution in [3.05, 3.63) is 23.8 Å². The predicted octanol–water partition coefficient (Wildman–Crippen LogP) is 3.42. The van der Waals surface area contributed by atoms with Crippen LogP contribution >= 0.6 is 0 Å². The molecule has 1 N–H and O–H groups in total. The molecular formula is C16H22O4. The van der Waals surface area contributed by atoms with E-state index in [1.807, 2.05) is 18.2 Å². The highest BCUT2D eigenvalue weighted by atomic mass is 16.5. The summed E-state index contributed by atoms with van der Waals surface area (Å²) in [7, 11) is 1.64. The van der Waals surface area contributed by atoms with Gasteiger partial charge in [0.1, 0.15) is 0 Å². The number of hydrogen-bond donors (Lipinski definition) is 1. The third kappa shape index (κ3) is 4.15. The van der Waals surface area contributed by atoms with Crippen molar-refractivity contribution < 1.29 is 19.4 Å². The van der Waals surface area contributed by atoms with Gasteiger partial charge in [0.25, 0.3) is 0 Å². The van der Waals surface area contributed by atoms with Crippen LogP contribution in [0, 0.1) is 0 Å². The lowest BCUT2D eigenvalue weighted by atomic mass is 10.1. The maximum absolute atomic E-state index is 10.5. The van der Waals surface area contributed by atoms with Crippen molar-refractivity contribution in [3.8, 4) is 11.5 Å². The average molecular weight is 278 g/mol. The van der Waals surface area contributed by atoms with Crippen molar-refractivity contribution in [1.82, 2.24) is 0 Å². The zero-order chi connectivity index (χ0) is 14.4. The number of carbonyl (C=O) groups is 1. The Hall–Kier alpha value is -1.71. The van der Waals surface area contributed by atoms with Gasteiger partial charge in [-0.25, -0.2) is 0 Å². The van der Waals surface area contributed by atoms with E-state index >= 15 is 0 Å². The molecule has 20 heavy (non-hydrogen) atoms. The molecule has 1 aliphatic carbocycles. The molecule has 1 aromatic carbocycles. The summed E-state index contributed by atoms with van der Waals surface area (Å²) in [5.74, 6) is 0.782. The third-order valence-electron chi connectivity index (χ3n) is 3.68. The van der Waals surface area contributed by atoms with Gasteiger partial charge in [-0.3, -0.25) is 4.79 Å². The van der Waals surface area contributed by atoms with Crippen LogP contribution < -0.4 is 9.47 Å². The Labute approximate surface area is 119 Å². The smallest absolute Gasteiger partial charge is 0.303 e. The maximum atomic E-state index is 10.5. The first kappa shape index (κ1) is 14.7. The Bertz CT molecular complexity index is 450. The lowest BCUT2D eigenvalue weighted by Gasteiger charge is -2.16. The fourth-order valence-electron chi connectivity index (χ4n) is 2.59. The molecule has 2 rings (SSSR count). The van der Waals surface area contributed by atoms with E-state index < -0.39 is 5.97 Å². The van der Waals surface area contributed by atoms with E-state index in [9.17, 15) is 4.79 Å². The van der Waals surface area contributed by atoms with Crippen molar-refractivity contribution in [2.75, 3.05) is 7.11 Å². The molecule has 0 aliphatic heterocycles. The van der Waals surface area contributed by atoms with Gasteiger partial charge < -0.3 is 14.6 Å². The Kier molecular flexibility index (Phi) is 5.27. The number of hydrogen-bond acceptors (Lipinski definition) is 3. The first-order valence-corrected chi connectivity index (χ1v) is 7.24. The molecule has 1 aliphatic rings. The monoisotopic (exact) mass is 278 g/mol. The highest BCUT2D eigenvalue weighted by Gasteiger charge is 2.18. The minimum Gasteiger partial charge on any atom is -0.493 e. The van der Waals surface area contributed by atoms with E-state index in [1.165, 1.54) is 12.8 Å². The van der Waals surface area contributed by atoms with Crippen molar-refractivity contribution in [2.45, 2.75) is 51.0 Å². The topological polar surface area (TPSA) is 55.8 Å². The van der Waals surface area contributed by atoms with Gasteiger partial charge in [0.05, 0.1) is 13.2 Å². The standard InChI is InChI=1S/C16H22O4/c1-19-15-11-12(5-4-8-16(17)18)9-10-14(15)20-13-6-2-3-7-13/h9-11,13H,2-8H2,1H3,(H,17,18). The molecule has 0 bridgehead atoms. The van der Waals surface area contributed by atoms with E-state index in [4.69, 9.17) is 14.6 Å². The number of aliphatic carboxylic acids is 1. The molecule has 4 heteroatoms. The highest BCUT2D eigenvalue weighted by molar-refractivity contribution is 5.66. The van der Waals surface area contributed by atoms with Gasteiger partial charge in [0.15, 0.2) is 11.5 Å². The lowest BCUT2D eigenvalue weighted by Crippen LogP contribution is -2.11. The second-order valence-electron chi connectivity index (χ2n) is 5.26. The van der Waals surface area contributed by atoms with Crippen LogP contribution in [0.25, 0.3) is 0 Å². The van der Waals surface area contributed by atoms with Crippen molar-refractivity contribution in [2.24, 2.45) is 0 Å². The second-order valence-corrected chi connectivity index (χ2v) is 5.26. The first-order chi connectivity index (χ1) is 9.69. The molecule has 1 fully saturated rings. The summed E-state index contributed by atoms with van der Waals surface area (Å²) in [4.78, 5) is 10.5. The van der Waals surface area contributed by atoms with Gasteiger partial charge in [0.2, 0.25) is 0 Å². The normalized spacial score (nSPS) is 15.2. The van der Waals surface area contributed by atoms with Gasteiger partial charge in [-0.05, 0) is 56.2 Å². The predicted molar refractivity (Wildman–Crippen MR) is 76.5 cm³/mol. The molecule has 0 amide bonds. The van der Waals surface area contributed by atoms with E-state index in [2.05, 4.69) is 0 Å². The molecule has 0 aromatic heterocycles. The summed E-state index contributed by atoms with van der Waals surface area (Å²) < 4.78 is 11.4. The number of methoxy groups -OCH3 is 1. The van der Waals surface area contributed by atoms with Gasteiger partial charge in [-0.1, -0.05) is 6.07 Å². The van der Waals surface area contributed by atoms with Gasteiger partial charge >= 0.3 is 5.97 Å². The van der Waals surface area contributed by atoms with E-state index in [0.29, 0.717) is 12.5 Å². The number of rotatable bonds is 7. The molecule has 4 nitrogen and oxygen atoms in total. The average Bonchev–Trinajstić information content (AvgIpc) is 2.93. The fraction of sp³-hybridized carbons (Fsp3) is 0.562. The third-order valence-corrected chi connectivity index (χ3v) is 3.68. The Morgan fingerprint density at radius 1 is 1.30 bits per heavy atom. The minimum atomic E-state index is -0.752. The molecule has 1 aromatic rings. The Balaban J connectivity index is 1.97. The van der Waals surface area contributed by atoms with Gasteiger partial charge in [0, 0.05) is 6.42 Å². The van der Waals surface area contributed by atoms with Crippen LogP contribution in [-0.4, -0.2) is 24.3 Å². The number of ether oxygens (including phenoxy) is 2. The number of carboxylic acids is 1. The van der Waals surface area contributed by atoms with Crippen molar-refractivity contribution >= 4 is 5.97 Å². The maximum Gasteiger partial charge on any atom is 0.303 e. The Morgan fingerprint density at radius 2 is 2.05 bits per heavy atom. The molecule has 110 valence electrons. The summed E-state index contributed by atoms with van der Waals surface area (Å²) in [6.07, 6.45) is 6.59. The van der Waals surface area contributed by atoms with Crippen LogP contribution in [0.4, 0.5) is 0 Å². The highest BCUT2D eigenvalue weighted by Crippen LogP contribution is 2.32. The van der Waals surface area contributed by atoms with Crippen LogP contribution in [0.5, 0.6) is 11.5 Å². The van der Waals surface area contributed by atoms with E-state index in [-0.39, 0.29) is 6.42 Å². The number of benzene rings is 1.